The summed E-state index contributed by atoms with van der Waals surface area (Å²) >= 11 is -1.48. The molecule has 0 fully saturated rings. The van der Waals surface area contributed by atoms with E-state index in [1.54, 1.807) is 11.1 Å². The van der Waals surface area contributed by atoms with E-state index in [-0.39, 0.29) is 0 Å². The zero-order valence-electron chi connectivity index (χ0n) is 16.8. The third kappa shape index (κ3) is 2.67. The van der Waals surface area contributed by atoms with Crippen LogP contribution in [0.3, 0.4) is 0 Å². The minimum absolute atomic E-state index is 0.712. The fraction of sp³-hybridized carbons (Fsp3) is 0.185. The number of hydrogen-bond donors (Lipinski definition) is 0. The normalized spacial score (nSPS) is 16.0. The maximum atomic E-state index is 2.56. The molecule has 0 nitrogen and oxygen atoms in total. The molecule has 0 radical (unpaired) electrons. The van der Waals surface area contributed by atoms with E-state index in [0.29, 0.717) is 3.63 Å². The van der Waals surface area contributed by atoms with E-state index in [9.17, 15) is 0 Å². The van der Waals surface area contributed by atoms with Gasteiger partial charge in [-0.1, -0.05) is 0 Å². The molecule has 0 amide bonds. The average molecular weight is 441 g/mol. The van der Waals surface area contributed by atoms with Crippen LogP contribution in [0.5, 0.6) is 0 Å². The summed E-state index contributed by atoms with van der Waals surface area (Å²) < 4.78 is 5.82. The van der Waals surface area contributed by atoms with Gasteiger partial charge < -0.3 is 0 Å². The van der Waals surface area contributed by atoms with Crippen LogP contribution < -0.4 is 0 Å². The summed E-state index contributed by atoms with van der Waals surface area (Å²) in [5.41, 5.74) is 7.69. The van der Waals surface area contributed by atoms with Crippen LogP contribution in [0.4, 0.5) is 0 Å². The molecule has 0 saturated heterocycles. The van der Waals surface area contributed by atoms with Gasteiger partial charge in [-0.3, -0.25) is 0 Å². The quantitative estimate of drug-likeness (QED) is 0.283. The van der Waals surface area contributed by atoms with Crippen molar-refractivity contribution in [2.24, 2.45) is 0 Å². The van der Waals surface area contributed by atoms with Crippen LogP contribution >= 0.6 is 0 Å². The summed E-state index contributed by atoms with van der Waals surface area (Å²) in [6.45, 7) is 2.35. The predicted molar refractivity (Wildman–Crippen MR) is 119 cm³/mol. The SMILES string of the molecule is CCC1=C(c2cccc3ccc4ccccc4c23)c2ccccc2[CH]1[Zr]([CH3])[CH3]. The summed E-state index contributed by atoms with van der Waals surface area (Å²) in [5, 5.41) is 5.44. The van der Waals surface area contributed by atoms with E-state index < -0.39 is 21.8 Å². The number of hydrogen-bond acceptors (Lipinski definition) is 0. The molecule has 28 heavy (non-hydrogen) atoms. The Morgan fingerprint density at radius 3 is 2.21 bits per heavy atom. The van der Waals surface area contributed by atoms with Crippen molar-refractivity contribution in [1.82, 2.24) is 0 Å². The molecule has 1 atom stereocenters. The van der Waals surface area contributed by atoms with Gasteiger partial charge in [0.05, 0.1) is 0 Å². The van der Waals surface area contributed by atoms with Crippen LogP contribution in [0, 0.1) is 0 Å². The fourth-order valence-corrected chi connectivity index (χ4v) is 9.82. The molecule has 4 aromatic carbocycles. The van der Waals surface area contributed by atoms with Crippen LogP contribution in [0.1, 0.15) is 33.7 Å². The molecule has 1 heteroatoms. The van der Waals surface area contributed by atoms with Crippen molar-refractivity contribution >= 4 is 27.1 Å². The molecule has 5 rings (SSSR count). The van der Waals surface area contributed by atoms with Gasteiger partial charge in [-0.15, -0.1) is 0 Å². The Kier molecular flexibility index (Phi) is 4.60. The van der Waals surface area contributed by atoms with Crippen molar-refractivity contribution in [3.8, 4) is 0 Å². The molecule has 0 bridgehead atoms. The molecular formula is C27H25Zr. The van der Waals surface area contributed by atoms with Gasteiger partial charge in [-0.05, 0) is 0 Å². The number of fused-ring (bicyclic) bond motifs is 4. The average Bonchev–Trinajstić information content (AvgIpc) is 3.07. The van der Waals surface area contributed by atoms with Gasteiger partial charge in [0.15, 0.2) is 0 Å². The van der Waals surface area contributed by atoms with E-state index in [2.05, 4.69) is 95.0 Å². The Balaban J connectivity index is 1.92. The summed E-state index contributed by atoms with van der Waals surface area (Å²) in [4.78, 5) is 0. The third-order valence-corrected chi connectivity index (χ3v) is 10.7. The first kappa shape index (κ1) is 18.1. The second-order valence-corrected chi connectivity index (χ2v) is 14.8. The van der Waals surface area contributed by atoms with Gasteiger partial charge in [0.1, 0.15) is 0 Å². The van der Waals surface area contributed by atoms with Crippen molar-refractivity contribution in [2.75, 3.05) is 0 Å². The summed E-state index contributed by atoms with van der Waals surface area (Å²) in [7, 11) is 0. The van der Waals surface area contributed by atoms with E-state index in [1.807, 2.05) is 0 Å². The first-order valence-corrected chi connectivity index (χ1v) is 16.6. The van der Waals surface area contributed by atoms with E-state index in [0.717, 1.165) is 6.42 Å². The van der Waals surface area contributed by atoms with Crippen molar-refractivity contribution in [1.29, 1.82) is 0 Å². The van der Waals surface area contributed by atoms with Gasteiger partial charge in [-0.2, -0.15) is 0 Å². The minimum atomic E-state index is -1.48. The molecule has 1 aliphatic carbocycles. The third-order valence-electron chi connectivity index (χ3n) is 6.21. The van der Waals surface area contributed by atoms with E-state index >= 15 is 0 Å². The molecule has 1 unspecified atom stereocenters. The summed E-state index contributed by atoms with van der Waals surface area (Å²) in [5.74, 6) is 0. The molecule has 0 spiro atoms. The summed E-state index contributed by atoms with van der Waals surface area (Å²) in [6.07, 6.45) is 1.14. The van der Waals surface area contributed by atoms with Crippen molar-refractivity contribution in [2.45, 2.75) is 26.2 Å². The maximum absolute atomic E-state index is 2.56. The molecule has 0 heterocycles. The van der Waals surface area contributed by atoms with Gasteiger partial charge >= 0.3 is 176 Å². The van der Waals surface area contributed by atoms with Crippen LogP contribution in [0.15, 0.2) is 84.4 Å². The zero-order chi connectivity index (χ0) is 19.3. The standard InChI is InChI=1S/C25H19.2CH3.Zr/c1-2-17-16-20-9-4-6-12-22(20)24(17)23-13-7-10-19-15-14-18-8-3-5-11-21(18)25(19)23;;;/h3-16H,2H2,1H3;2*1H3;. The topological polar surface area (TPSA) is 0 Å². The van der Waals surface area contributed by atoms with Crippen LogP contribution in [0.2, 0.25) is 9.26 Å². The van der Waals surface area contributed by atoms with Crippen LogP contribution in [-0.4, -0.2) is 0 Å². The van der Waals surface area contributed by atoms with Gasteiger partial charge in [0.25, 0.3) is 0 Å². The van der Waals surface area contributed by atoms with Crippen LogP contribution in [-0.2, 0) is 21.8 Å². The van der Waals surface area contributed by atoms with E-state index in [4.69, 9.17) is 0 Å². The first-order chi connectivity index (χ1) is 13.7. The number of benzene rings is 4. The zero-order valence-corrected chi connectivity index (χ0v) is 19.2. The molecule has 1 aliphatic rings. The molecule has 0 aromatic heterocycles. The Morgan fingerprint density at radius 1 is 0.714 bits per heavy atom. The van der Waals surface area contributed by atoms with Gasteiger partial charge in [-0.25, -0.2) is 0 Å². The molecule has 137 valence electrons. The monoisotopic (exact) mass is 439 g/mol. The predicted octanol–water partition coefficient (Wildman–Crippen LogP) is 7.97. The van der Waals surface area contributed by atoms with Crippen molar-refractivity contribution in [3.05, 3.63) is 101 Å². The first-order valence-electron chi connectivity index (χ1n) is 10.2. The molecule has 0 aliphatic heterocycles. The van der Waals surface area contributed by atoms with E-state index in [1.165, 1.54) is 38.2 Å². The van der Waals surface area contributed by atoms with Gasteiger partial charge in [0, 0.05) is 0 Å². The van der Waals surface area contributed by atoms with Crippen molar-refractivity contribution in [3.63, 3.8) is 0 Å². The summed E-state index contributed by atoms with van der Waals surface area (Å²) in [6, 6.07) is 29.4. The molecule has 0 N–H and O–H groups in total. The Labute approximate surface area is 175 Å². The number of rotatable bonds is 3. The molecule has 4 aromatic rings. The molecule has 0 saturated carbocycles. The Bertz CT molecular complexity index is 1230. The van der Waals surface area contributed by atoms with Gasteiger partial charge in [0.2, 0.25) is 0 Å². The second-order valence-electron chi connectivity index (χ2n) is 8.04. The second kappa shape index (κ2) is 7.12. The fourth-order valence-electron chi connectivity index (χ4n) is 5.11. The Hall–Kier alpha value is -1.98. The van der Waals surface area contributed by atoms with Crippen molar-refractivity contribution < 1.29 is 21.8 Å². The number of allylic oxidation sites excluding steroid dienone is 1. The van der Waals surface area contributed by atoms with Crippen LogP contribution in [0.25, 0.3) is 27.1 Å². The molecular weight excluding hydrogens is 416 g/mol. The Morgan fingerprint density at radius 2 is 1.39 bits per heavy atom.